The molecule has 0 aliphatic carbocycles. The van der Waals surface area contributed by atoms with Crippen molar-refractivity contribution in [2.75, 3.05) is 0 Å². The number of rotatable bonds is 4. The number of hydrazine groups is 1. The van der Waals surface area contributed by atoms with Crippen LogP contribution in [0.5, 0.6) is 0 Å². The quantitative estimate of drug-likeness (QED) is 0.440. The van der Waals surface area contributed by atoms with Crippen LogP contribution in [0.25, 0.3) is 0 Å². The molecule has 0 saturated heterocycles. The Morgan fingerprint density at radius 1 is 1.48 bits per heavy atom. The number of aromatic nitrogens is 1. The van der Waals surface area contributed by atoms with Gasteiger partial charge >= 0.3 is 0 Å². The third-order valence-electron chi connectivity index (χ3n) is 2.56. The molecule has 21 heavy (non-hydrogen) atoms. The Hall–Kier alpha value is -2.51. The summed E-state index contributed by atoms with van der Waals surface area (Å²) >= 11 is 0. The average molecular weight is 297 g/mol. The number of aliphatic imine (C=N–C) groups is 1. The zero-order valence-corrected chi connectivity index (χ0v) is 11.8. The molecule has 0 spiro atoms. The van der Waals surface area contributed by atoms with E-state index in [4.69, 9.17) is 5.73 Å². The summed E-state index contributed by atoms with van der Waals surface area (Å²) in [7, 11) is 0. The van der Waals surface area contributed by atoms with E-state index in [9.17, 15) is 13.6 Å². The van der Waals surface area contributed by atoms with Crippen LogP contribution < -0.4 is 16.6 Å². The number of hydrogen-bond acceptors (Lipinski definition) is 4. The highest BCUT2D eigenvalue weighted by atomic mass is 19.1. The fourth-order valence-corrected chi connectivity index (χ4v) is 1.44. The van der Waals surface area contributed by atoms with Gasteiger partial charge in [0, 0.05) is 12.0 Å². The molecule has 0 bridgehead atoms. The van der Waals surface area contributed by atoms with Crippen LogP contribution in [0.4, 0.5) is 8.78 Å². The lowest BCUT2D eigenvalue weighted by Crippen LogP contribution is -2.42. The number of halogens is 2. The fraction of sp³-hybridized carbons (Fsp3) is 0.308. The first-order chi connectivity index (χ1) is 9.85. The lowest BCUT2D eigenvalue weighted by atomic mass is 10.2. The highest BCUT2D eigenvalue weighted by molar-refractivity contribution is 5.86. The number of amidine groups is 1. The van der Waals surface area contributed by atoms with E-state index in [0.29, 0.717) is 12.3 Å². The predicted molar refractivity (Wildman–Crippen MR) is 74.9 cm³/mol. The number of amides is 1. The first kappa shape index (κ1) is 16.5. The van der Waals surface area contributed by atoms with Crippen molar-refractivity contribution in [3.8, 4) is 0 Å². The molecule has 0 aliphatic heterocycles. The van der Waals surface area contributed by atoms with E-state index in [1.807, 2.05) is 0 Å². The van der Waals surface area contributed by atoms with Crippen molar-refractivity contribution in [3.63, 3.8) is 0 Å². The summed E-state index contributed by atoms with van der Waals surface area (Å²) in [6.07, 6.45) is 1.03. The minimum absolute atomic E-state index is 0.0930. The molecule has 8 heteroatoms. The van der Waals surface area contributed by atoms with Gasteiger partial charge in [-0.05, 0) is 6.92 Å². The van der Waals surface area contributed by atoms with E-state index >= 15 is 0 Å². The van der Waals surface area contributed by atoms with Crippen molar-refractivity contribution in [2.24, 2.45) is 10.7 Å². The number of carbonyl (C=O) groups is 1. The minimum atomic E-state index is -0.829. The number of carbonyl (C=O) groups excluding carboxylic acids is 1. The molecule has 0 fully saturated rings. The normalized spacial score (nSPS) is 11.1. The number of pyridine rings is 1. The van der Waals surface area contributed by atoms with Crippen LogP contribution in [-0.2, 0) is 11.2 Å². The third kappa shape index (κ3) is 4.83. The molecule has 0 aromatic carbocycles. The van der Waals surface area contributed by atoms with Gasteiger partial charge in [-0.2, -0.15) is 0 Å². The maximum absolute atomic E-state index is 13.7. The number of hydrogen-bond donors (Lipinski definition) is 3. The molecule has 0 unspecified atom stereocenters. The lowest BCUT2D eigenvalue weighted by Gasteiger charge is -2.10. The second kappa shape index (κ2) is 7.32. The summed E-state index contributed by atoms with van der Waals surface area (Å²) in [6.45, 7) is 6.49. The van der Waals surface area contributed by atoms with Gasteiger partial charge in [-0.25, -0.2) is 13.8 Å². The van der Waals surface area contributed by atoms with Crippen LogP contribution in [0.3, 0.4) is 0 Å². The minimum Gasteiger partial charge on any atom is -0.384 e. The monoisotopic (exact) mass is 297 g/mol. The van der Waals surface area contributed by atoms with E-state index in [0.717, 1.165) is 6.20 Å². The molecular weight excluding hydrogens is 280 g/mol. The smallest absolute Gasteiger partial charge is 0.244 e. The molecule has 1 rings (SSSR count). The fourth-order valence-electron chi connectivity index (χ4n) is 1.44. The van der Waals surface area contributed by atoms with Gasteiger partial charge in [-0.3, -0.25) is 20.6 Å². The molecule has 0 saturated carbocycles. The summed E-state index contributed by atoms with van der Waals surface area (Å²) in [5.41, 5.74) is 9.90. The second-order valence-electron chi connectivity index (χ2n) is 4.25. The van der Waals surface area contributed by atoms with Crippen molar-refractivity contribution in [3.05, 3.63) is 41.5 Å². The van der Waals surface area contributed by atoms with Crippen molar-refractivity contribution in [2.45, 2.75) is 26.7 Å². The van der Waals surface area contributed by atoms with E-state index < -0.39 is 17.5 Å². The maximum atomic E-state index is 13.7. The van der Waals surface area contributed by atoms with Crippen molar-refractivity contribution in [1.29, 1.82) is 0 Å². The SMILES string of the molecule is C=C(N)/N=C(\CC)NNC(=O)Cc1ncc(F)c(C)c1F. The molecule has 4 N–H and O–H groups in total. The van der Waals surface area contributed by atoms with Crippen LogP contribution in [-0.4, -0.2) is 16.7 Å². The molecule has 1 aromatic heterocycles. The van der Waals surface area contributed by atoms with E-state index in [1.165, 1.54) is 6.92 Å². The standard InChI is InChI=1S/C13H17F2N5O/c1-4-11(18-8(3)16)19-20-12(21)5-10-13(15)7(2)9(14)6-17-10/h6H,3-5,16H2,1-2H3,(H,18,19)(H,20,21). The summed E-state index contributed by atoms with van der Waals surface area (Å²) in [5, 5.41) is 0. The van der Waals surface area contributed by atoms with Crippen molar-refractivity contribution >= 4 is 11.7 Å². The molecule has 1 aromatic rings. The summed E-state index contributed by atoms with van der Waals surface area (Å²) < 4.78 is 26.8. The van der Waals surface area contributed by atoms with Gasteiger partial charge in [-0.15, -0.1) is 0 Å². The molecular formula is C13H17F2N5O. The van der Waals surface area contributed by atoms with Crippen LogP contribution in [0, 0.1) is 18.6 Å². The average Bonchev–Trinajstić information content (AvgIpc) is 2.43. The number of nitrogens with one attached hydrogen (secondary N) is 2. The van der Waals surface area contributed by atoms with Crippen molar-refractivity contribution < 1.29 is 13.6 Å². The highest BCUT2D eigenvalue weighted by Crippen LogP contribution is 2.13. The maximum Gasteiger partial charge on any atom is 0.244 e. The molecule has 0 radical (unpaired) electrons. The topological polar surface area (TPSA) is 92.4 Å². The zero-order chi connectivity index (χ0) is 16.0. The molecule has 0 atom stereocenters. The number of nitrogens with two attached hydrogens (primary N) is 1. The van der Waals surface area contributed by atoms with Gasteiger partial charge in [-0.1, -0.05) is 13.5 Å². The van der Waals surface area contributed by atoms with Gasteiger partial charge in [0.1, 0.15) is 17.5 Å². The van der Waals surface area contributed by atoms with Gasteiger partial charge in [0.2, 0.25) is 5.91 Å². The first-order valence-electron chi connectivity index (χ1n) is 6.21. The highest BCUT2D eigenvalue weighted by Gasteiger charge is 2.14. The molecule has 0 aliphatic rings. The first-order valence-corrected chi connectivity index (χ1v) is 6.21. The Labute approximate surface area is 121 Å². The predicted octanol–water partition coefficient (Wildman–Crippen LogP) is 1.07. The zero-order valence-electron chi connectivity index (χ0n) is 11.8. The van der Waals surface area contributed by atoms with E-state index in [2.05, 4.69) is 27.4 Å². The second-order valence-corrected chi connectivity index (χ2v) is 4.25. The van der Waals surface area contributed by atoms with Gasteiger partial charge in [0.25, 0.3) is 0 Å². The largest absolute Gasteiger partial charge is 0.384 e. The Balaban J connectivity index is 2.67. The Morgan fingerprint density at radius 3 is 2.71 bits per heavy atom. The van der Waals surface area contributed by atoms with E-state index in [1.54, 1.807) is 6.92 Å². The van der Waals surface area contributed by atoms with Gasteiger partial charge in [0.05, 0.1) is 18.3 Å². The van der Waals surface area contributed by atoms with Crippen LogP contribution in [0.1, 0.15) is 24.6 Å². The summed E-state index contributed by atoms with van der Waals surface area (Å²) in [6, 6.07) is 0. The summed E-state index contributed by atoms with van der Waals surface area (Å²) in [4.78, 5) is 19.1. The van der Waals surface area contributed by atoms with E-state index in [-0.39, 0.29) is 23.5 Å². The molecule has 6 nitrogen and oxygen atoms in total. The molecule has 114 valence electrons. The lowest BCUT2D eigenvalue weighted by molar-refractivity contribution is -0.121. The van der Waals surface area contributed by atoms with Crippen LogP contribution in [0.2, 0.25) is 0 Å². The summed E-state index contributed by atoms with van der Waals surface area (Å²) in [5.74, 6) is -1.63. The Morgan fingerprint density at radius 2 is 2.14 bits per heavy atom. The Kier molecular flexibility index (Phi) is 5.77. The van der Waals surface area contributed by atoms with Crippen LogP contribution >= 0.6 is 0 Å². The van der Waals surface area contributed by atoms with Crippen LogP contribution in [0.15, 0.2) is 23.6 Å². The van der Waals surface area contributed by atoms with Gasteiger partial charge in [0.15, 0.2) is 5.82 Å². The Bertz CT molecular complexity index is 586. The molecule has 1 heterocycles. The molecule has 1 amide bonds. The number of nitrogens with zero attached hydrogens (tertiary/aromatic N) is 2. The third-order valence-corrected chi connectivity index (χ3v) is 2.56. The van der Waals surface area contributed by atoms with Gasteiger partial charge < -0.3 is 5.73 Å². The van der Waals surface area contributed by atoms with Crippen molar-refractivity contribution in [1.82, 2.24) is 15.8 Å².